The number of piperazine rings is 1. The lowest BCUT2D eigenvalue weighted by Gasteiger charge is -2.33. The van der Waals surface area contributed by atoms with Gasteiger partial charge in [-0.05, 0) is 38.6 Å². The van der Waals surface area contributed by atoms with Crippen LogP contribution in [0.4, 0.5) is 0 Å². The minimum Gasteiger partial charge on any atom is -0.491 e. The van der Waals surface area contributed by atoms with Crippen molar-refractivity contribution in [1.29, 1.82) is 0 Å². The minimum atomic E-state index is 0.236. The van der Waals surface area contributed by atoms with E-state index >= 15 is 0 Å². The van der Waals surface area contributed by atoms with E-state index in [0.717, 1.165) is 25.4 Å². The second-order valence-electron chi connectivity index (χ2n) is 4.94. The van der Waals surface area contributed by atoms with Gasteiger partial charge in [-0.1, -0.05) is 12.1 Å². The fourth-order valence-electron chi connectivity index (χ4n) is 2.22. The fourth-order valence-corrected chi connectivity index (χ4v) is 2.22. The standard InChI is InChI=1S/C14H22N2O/c1-11(2)17-13-6-4-12(5-7-13)14-10-15-8-9-16(14)3/h4-7,11,14-15H,8-10H2,1-3H3/t14-/m0/s1. The lowest BCUT2D eigenvalue weighted by atomic mass is 10.0. The molecule has 0 saturated carbocycles. The summed E-state index contributed by atoms with van der Waals surface area (Å²) in [4.78, 5) is 2.40. The molecule has 1 aliphatic heterocycles. The van der Waals surface area contributed by atoms with Crippen molar-refractivity contribution in [3.05, 3.63) is 29.8 Å². The number of ether oxygens (including phenoxy) is 1. The molecule has 3 nitrogen and oxygen atoms in total. The summed E-state index contributed by atoms with van der Waals surface area (Å²) in [5.41, 5.74) is 1.36. The molecule has 1 aliphatic rings. The van der Waals surface area contributed by atoms with Crippen molar-refractivity contribution in [2.45, 2.75) is 26.0 Å². The van der Waals surface area contributed by atoms with Crippen molar-refractivity contribution < 1.29 is 4.74 Å². The van der Waals surface area contributed by atoms with E-state index in [1.807, 2.05) is 13.8 Å². The van der Waals surface area contributed by atoms with Gasteiger partial charge in [-0.3, -0.25) is 4.90 Å². The molecule has 0 aliphatic carbocycles. The van der Waals surface area contributed by atoms with Gasteiger partial charge in [-0.15, -0.1) is 0 Å². The first kappa shape index (κ1) is 12.4. The monoisotopic (exact) mass is 234 g/mol. The van der Waals surface area contributed by atoms with E-state index in [1.165, 1.54) is 5.56 Å². The third kappa shape index (κ3) is 3.20. The summed E-state index contributed by atoms with van der Waals surface area (Å²) in [7, 11) is 2.18. The van der Waals surface area contributed by atoms with Crippen LogP contribution in [0.1, 0.15) is 25.5 Å². The van der Waals surface area contributed by atoms with Crippen molar-refractivity contribution >= 4 is 0 Å². The molecule has 1 aromatic rings. The highest BCUT2D eigenvalue weighted by Gasteiger charge is 2.19. The Balaban J connectivity index is 2.06. The van der Waals surface area contributed by atoms with Crippen LogP contribution in [0.2, 0.25) is 0 Å². The van der Waals surface area contributed by atoms with Crippen LogP contribution in [-0.4, -0.2) is 37.7 Å². The topological polar surface area (TPSA) is 24.5 Å². The highest BCUT2D eigenvalue weighted by molar-refractivity contribution is 5.29. The highest BCUT2D eigenvalue weighted by Crippen LogP contribution is 2.23. The van der Waals surface area contributed by atoms with Gasteiger partial charge in [0.15, 0.2) is 0 Å². The maximum absolute atomic E-state index is 5.65. The van der Waals surface area contributed by atoms with Crippen LogP contribution in [0.5, 0.6) is 5.75 Å². The van der Waals surface area contributed by atoms with Crippen LogP contribution in [0.3, 0.4) is 0 Å². The number of nitrogens with zero attached hydrogens (tertiary/aromatic N) is 1. The molecule has 0 bridgehead atoms. The van der Waals surface area contributed by atoms with Crippen LogP contribution in [-0.2, 0) is 0 Å². The molecule has 1 aromatic carbocycles. The molecule has 3 heteroatoms. The van der Waals surface area contributed by atoms with E-state index in [1.54, 1.807) is 0 Å². The summed E-state index contributed by atoms with van der Waals surface area (Å²) in [6, 6.07) is 8.96. The van der Waals surface area contributed by atoms with Gasteiger partial charge in [0.2, 0.25) is 0 Å². The number of rotatable bonds is 3. The van der Waals surface area contributed by atoms with E-state index in [2.05, 4.69) is 41.5 Å². The van der Waals surface area contributed by atoms with Gasteiger partial charge in [-0.25, -0.2) is 0 Å². The largest absolute Gasteiger partial charge is 0.491 e. The SMILES string of the molecule is CC(C)Oc1ccc([C@@H]2CNCCN2C)cc1. The maximum Gasteiger partial charge on any atom is 0.119 e. The number of likely N-dealkylation sites (N-methyl/N-ethyl adjacent to an activating group) is 1. The minimum absolute atomic E-state index is 0.236. The Kier molecular flexibility index (Phi) is 4.02. The zero-order valence-electron chi connectivity index (χ0n) is 10.9. The zero-order chi connectivity index (χ0) is 12.3. The first-order valence-corrected chi connectivity index (χ1v) is 6.34. The van der Waals surface area contributed by atoms with Gasteiger partial charge >= 0.3 is 0 Å². The molecule has 1 fully saturated rings. The number of benzene rings is 1. The molecule has 0 amide bonds. The smallest absolute Gasteiger partial charge is 0.119 e. The van der Waals surface area contributed by atoms with Crippen LogP contribution in [0.25, 0.3) is 0 Å². The summed E-state index contributed by atoms with van der Waals surface area (Å²) in [6.45, 7) is 7.32. The summed E-state index contributed by atoms with van der Waals surface area (Å²) < 4.78 is 5.65. The number of hydrogen-bond acceptors (Lipinski definition) is 3. The zero-order valence-corrected chi connectivity index (χ0v) is 10.9. The maximum atomic E-state index is 5.65. The predicted molar refractivity (Wildman–Crippen MR) is 70.4 cm³/mol. The Bertz CT molecular complexity index is 348. The molecule has 0 aromatic heterocycles. The van der Waals surface area contributed by atoms with E-state index in [4.69, 9.17) is 4.74 Å². The average Bonchev–Trinajstić information content (AvgIpc) is 2.30. The van der Waals surface area contributed by atoms with Gasteiger partial charge in [-0.2, -0.15) is 0 Å². The number of nitrogens with one attached hydrogen (secondary N) is 1. The molecule has 0 spiro atoms. The summed E-state index contributed by atoms with van der Waals surface area (Å²) in [5, 5.41) is 3.44. The normalized spacial score (nSPS) is 21.8. The van der Waals surface area contributed by atoms with E-state index < -0.39 is 0 Å². The van der Waals surface area contributed by atoms with Gasteiger partial charge in [0, 0.05) is 25.7 Å². The van der Waals surface area contributed by atoms with Gasteiger partial charge < -0.3 is 10.1 Å². The second kappa shape index (κ2) is 5.52. The van der Waals surface area contributed by atoms with E-state index in [-0.39, 0.29) is 6.10 Å². The molecule has 17 heavy (non-hydrogen) atoms. The Morgan fingerprint density at radius 2 is 2.00 bits per heavy atom. The first-order chi connectivity index (χ1) is 8.16. The molecular formula is C14H22N2O. The van der Waals surface area contributed by atoms with Crippen molar-refractivity contribution in [2.75, 3.05) is 26.7 Å². The summed E-state index contributed by atoms with van der Waals surface area (Å²) in [5.74, 6) is 0.954. The Labute approximate surface area is 104 Å². The van der Waals surface area contributed by atoms with Crippen LogP contribution >= 0.6 is 0 Å². The van der Waals surface area contributed by atoms with Crippen molar-refractivity contribution in [3.8, 4) is 5.75 Å². The summed E-state index contributed by atoms with van der Waals surface area (Å²) >= 11 is 0. The lowest BCUT2D eigenvalue weighted by Crippen LogP contribution is -2.43. The third-order valence-electron chi connectivity index (χ3n) is 3.15. The summed E-state index contributed by atoms with van der Waals surface area (Å²) in [6.07, 6.45) is 0.236. The molecular weight excluding hydrogens is 212 g/mol. The van der Waals surface area contributed by atoms with Crippen LogP contribution in [0.15, 0.2) is 24.3 Å². The molecule has 1 N–H and O–H groups in total. The Hall–Kier alpha value is -1.06. The van der Waals surface area contributed by atoms with Gasteiger partial charge in [0.05, 0.1) is 6.10 Å². The third-order valence-corrected chi connectivity index (χ3v) is 3.15. The molecule has 1 heterocycles. The molecule has 1 atom stereocenters. The second-order valence-corrected chi connectivity index (χ2v) is 4.94. The highest BCUT2D eigenvalue weighted by atomic mass is 16.5. The van der Waals surface area contributed by atoms with Crippen LogP contribution < -0.4 is 10.1 Å². The Morgan fingerprint density at radius 1 is 1.29 bits per heavy atom. The lowest BCUT2D eigenvalue weighted by molar-refractivity contribution is 0.202. The van der Waals surface area contributed by atoms with Crippen LogP contribution in [0, 0.1) is 0 Å². The van der Waals surface area contributed by atoms with Crippen molar-refractivity contribution in [1.82, 2.24) is 10.2 Å². The fraction of sp³-hybridized carbons (Fsp3) is 0.571. The molecule has 2 rings (SSSR count). The van der Waals surface area contributed by atoms with Crippen molar-refractivity contribution in [2.24, 2.45) is 0 Å². The average molecular weight is 234 g/mol. The predicted octanol–water partition coefficient (Wildman–Crippen LogP) is 2.05. The molecule has 0 radical (unpaired) electrons. The van der Waals surface area contributed by atoms with Gasteiger partial charge in [0.25, 0.3) is 0 Å². The first-order valence-electron chi connectivity index (χ1n) is 6.34. The quantitative estimate of drug-likeness (QED) is 0.866. The molecule has 94 valence electrons. The van der Waals surface area contributed by atoms with Gasteiger partial charge in [0.1, 0.15) is 5.75 Å². The Morgan fingerprint density at radius 3 is 2.59 bits per heavy atom. The number of hydrogen-bond donors (Lipinski definition) is 1. The van der Waals surface area contributed by atoms with Crippen molar-refractivity contribution in [3.63, 3.8) is 0 Å². The molecule has 1 saturated heterocycles. The van der Waals surface area contributed by atoms with E-state index in [0.29, 0.717) is 6.04 Å². The molecule has 0 unspecified atom stereocenters. The van der Waals surface area contributed by atoms with E-state index in [9.17, 15) is 0 Å².